The Hall–Kier alpha value is -0.810. The molecule has 0 radical (unpaired) electrons. The highest BCUT2D eigenvalue weighted by molar-refractivity contribution is 7.99. The van der Waals surface area contributed by atoms with Crippen LogP contribution in [0.15, 0.2) is 24.0 Å². The van der Waals surface area contributed by atoms with Gasteiger partial charge in [-0.05, 0) is 23.7 Å². The van der Waals surface area contributed by atoms with E-state index < -0.39 is 0 Å². The highest BCUT2D eigenvalue weighted by Gasteiger charge is 2.20. The molecule has 0 saturated carbocycles. The Bertz CT molecular complexity index is 429. The molecule has 2 aromatic rings. The lowest BCUT2D eigenvalue weighted by Gasteiger charge is -2.12. The first-order valence-corrected chi connectivity index (χ1v) is 6.94. The molecule has 1 atom stereocenters. The lowest BCUT2D eigenvalue weighted by molar-refractivity contribution is 0.566. The number of thioether (sulfide) groups is 1. The van der Waals surface area contributed by atoms with Crippen molar-refractivity contribution in [2.24, 2.45) is 0 Å². The van der Waals surface area contributed by atoms with E-state index in [-0.39, 0.29) is 0 Å². The van der Waals surface area contributed by atoms with E-state index in [1.807, 2.05) is 24.2 Å². The molecule has 3 heterocycles. The van der Waals surface area contributed by atoms with Gasteiger partial charge in [-0.3, -0.25) is 0 Å². The largest absolute Gasteiger partial charge is 0.327 e. The molecule has 0 N–H and O–H groups in total. The van der Waals surface area contributed by atoms with Crippen molar-refractivity contribution in [1.82, 2.24) is 13.9 Å². The van der Waals surface area contributed by atoms with Crippen LogP contribution in [-0.4, -0.2) is 25.4 Å². The molecule has 5 heteroatoms. The van der Waals surface area contributed by atoms with E-state index in [0.717, 1.165) is 11.4 Å². The standard InChI is InChI=1S/C10H11N3S2/c1-4-14-7-9(1)13-3-2-11-10(13)8-5-12-15-6-8/h2-3,5-6,9H,1,4,7H2. The van der Waals surface area contributed by atoms with Crippen LogP contribution in [0, 0.1) is 0 Å². The number of rotatable bonds is 2. The molecule has 15 heavy (non-hydrogen) atoms. The van der Waals surface area contributed by atoms with Crippen LogP contribution in [-0.2, 0) is 0 Å². The van der Waals surface area contributed by atoms with Gasteiger partial charge in [0.15, 0.2) is 0 Å². The molecule has 3 nitrogen and oxygen atoms in total. The second kappa shape index (κ2) is 3.98. The predicted octanol–water partition coefficient (Wildman–Crippen LogP) is 2.68. The van der Waals surface area contributed by atoms with Gasteiger partial charge in [-0.15, -0.1) is 0 Å². The van der Waals surface area contributed by atoms with Crippen molar-refractivity contribution in [3.05, 3.63) is 24.0 Å². The molecule has 1 aliphatic rings. The molecule has 1 saturated heterocycles. The maximum Gasteiger partial charge on any atom is 0.142 e. The van der Waals surface area contributed by atoms with Crippen molar-refractivity contribution in [1.29, 1.82) is 0 Å². The Labute approximate surface area is 96.7 Å². The van der Waals surface area contributed by atoms with Crippen LogP contribution in [0.5, 0.6) is 0 Å². The average molecular weight is 237 g/mol. The van der Waals surface area contributed by atoms with Gasteiger partial charge in [0.1, 0.15) is 5.82 Å². The summed E-state index contributed by atoms with van der Waals surface area (Å²) in [5.41, 5.74) is 1.14. The minimum atomic E-state index is 0.618. The highest BCUT2D eigenvalue weighted by atomic mass is 32.2. The van der Waals surface area contributed by atoms with Gasteiger partial charge in [-0.25, -0.2) is 9.36 Å². The lowest BCUT2D eigenvalue weighted by Crippen LogP contribution is -2.08. The molecule has 1 aliphatic heterocycles. The van der Waals surface area contributed by atoms with E-state index in [4.69, 9.17) is 0 Å². The smallest absolute Gasteiger partial charge is 0.142 e. The van der Waals surface area contributed by atoms with E-state index in [9.17, 15) is 0 Å². The van der Waals surface area contributed by atoms with Crippen molar-refractivity contribution >= 4 is 23.3 Å². The number of imidazole rings is 1. The fraction of sp³-hybridized carbons (Fsp3) is 0.400. The molecule has 2 aromatic heterocycles. The second-order valence-corrected chi connectivity index (χ2v) is 5.40. The summed E-state index contributed by atoms with van der Waals surface area (Å²) >= 11 is 3.51. The van der Waals surface area contributed by atoms with Crippen LogP contribution >= 0.6 is 23.3 Å². The lowest BCUT2D eigenvalue weighted by atomic mass is 10.2. The first-order valence-electron chi connectivity index (χ1n) is 4.95. The summed E-state index contributed by atoms with van der Waals surface area (Å²) in [6.07, 6.45) is 7.12. The van der Waals surface area contributed by atoms with E-state index in [0.29, 0.717) is 6.04 Å². The quantitative estimate of drug-likeness (QED) is 0.804. The first kappa shape index (κ1) is 9.42. The van der Waals surface area contributed by atoms with E-state index in [1.165, 1.54) is 29.5 Å². The zero-order valence-corrected chi connectivity index (χ0v) is 9.80. The maximum absolute atomic E-state index is 4.42. The molecule has 0 aromatic carbocycles. The predicted molar refractivity (Wildman–Crippen MR) is 64.3 cm³/mol. The molecule has 0 aliphatic carbocycles. The minimum absolute atomic E-state index is 0.618. The summed E-state index contributed by atoms with van der Waals surface area (Å²) in [4.78, 5) is 4.42. The molecular formula is C10H11N3S2. The Morgan fingerprint density at radius 1 is 1.47 bits per heavy atom. The zero-order valence-electron chi connectivity index (χ0n) is 8.17. The summed E-state index contributed by atoms with van der Waals surface area (Å²) in [7, 11) is 0. The fourth-order valence-corrected chi connectivity index (χ4v) is 3.61. The van der Waals surface area contributed by atoms with Crippen LogP contribution in [0.4, 0.5) is 0 Å². The first-order chi connectivity index (χ1) is 7.45. The molecule has 78 valence electrons. The number of hydrogen-bond donors (Lipinski definition) is 0. The summed E-state index contributed by atoms with van der Waals surface area (Å²) in [6, 6.07) is 0.618. The summed E-state index contributed by atoms with van der Waals surface area (Å²) in [5.74, 6) is 3.54. The highest BCUT2D eigenvalue weighted by Crippen LogP contribution is 2.31. The molecule has 0 bridgehead atoms. The third kappa shape index (κ3) is 1.70. The topological polar surface area (TPSA) is 30.7 Å². The molecule has 0 amide bonds. The Morgan fingerprint density at radius 2 is 2.47 bits per heavy atom. The van der Waals surface area contributed by atoms with Crippen LogP contribution in [0.3, 0.4) is 0 Å². The van der Waals surface area contributed by atoms with E-state index in [1.54, 1.807) is 0 Å². The summed E-state index contributed by atoms with van der Waals surface area (Å²) in [5, 5.41) is 2.06. The van der Waals surface area contributed by atoms with Crippen molar-refractivity contribution in [3.8, 4) is 11.4 Å². The van der Waals surface area contributed by atoms with Crippen molar-refractivity contribution in [2.75, 3.05) is 11.5 Å². The molecule has 1 fully saturated rings. The van der Waals surface area contributed by atoms with Crippen LogP contribution in [0.1, 0.15) is 12.5 Å². The van der Waals surface area contributed by atoms with Gasteiger partial charge in [-0.1, -0.05) is 0 Å². The Morgan fingerprint density at radius 3 is 3.20 bits per heavy atom. The third-order valence-corrected chi connectivity index (χ3v) is 4.39. The van der Waals surface area contributed by atoms with Crippen molar-refractivity contribution < 1.29 is 0 Å². The molecule has 1 unspecified atom stereocenters. The third-order valence-electron chi connectivity index (χ3n) is 2.66. The molecule has 0 spiro atoms. The Balaban J connectivity index is 1.98. The number of nitrogens with zero attached hydrogens (tertiary/aromatic N) is 3. The fourth-order valence-electron chi connectivity index (χ4n) is 1.89. The SMILES string of the molecule is c1cn(C2CCSC2)c(-c2cnsc2)n1. The van der Waals surface area contributed by atoms with Crippen molar-refractivity contribution in [2.45, 2.75) is 12.5 Å². The van der Waals surface area contributed by atoms with E-state index >= 15 is 0 Å². The van der Waals surface area contributed by atoms with Gasteiger partial charge in [-0.2, -0.15) is 11.8 Å². The normalized spacial score (nSPS) is 20.9. The van der Waals surface area contributed by atoms with Gasteiger partial charge < -0.3 is 4.57 Å². The van der Waals surface area contributed by atoms with Crippen molar-refractivity contribution in [3.63, 3.8) is 0 Å². The van der Waals surface area contributed by atoms with Gasteiger partial charge in [0.25, 0.3) is 0 Å². The molecular weight excluding hydrogens is 226 g/mol. The van der Waals surface area contributed by atoms with Crippen LogP contribution < -0.4 is 0 Å². The minimum Gasteiger partial charge on any atom is -0.327 e. The Kier molecular flexibility index (Phi) is 2.50. The molecule has 3 rings (SSSR count). The van der Waals surface area contributed by atoms with Crippen LogP contribution in [0.2, 0.25) is 0 Å². The second-order valence-electron chi connectivity index (χ2n) is 3.59. The monoisotopic (exact) mass is 237 g/mol. The number of aromatic nitrogens is 3. The average Bonchev–Trinajstić information content (AvgIpc) is 3.01. The van der Waals surface area contributed by atoms with Gasteiger partial charge in [0.05, 0.1) is 6.20 Å². The van der Waals surface area contributed by atoms with Gasteiger partial charge in [0.2, 0.25) is 0 Å². The van der Waals surface area contributed by atoms with E-state index in [2.05, 4.69) is 25.5 Å². The number of hydrogen-bond acceptors (Lipinski definition) is 4. The van der Waals surface area contributed by atoms with Crippen LogP contribution in [0.25, 0.3) is 11.4 Å². The van der Waals surface area contributed by atoms with Gasteiger partial charge in [0, 0.05) is 35.1 Å². The summed E-state index contributed by atoms with van der Waals surface area (Å²) in [6.45, 7) is 0. The maximum atomic E-state index is 4.42. The summed E-state index contributed by atoms with van der Waals surface area (Å²) < 4.78 is 6.42. The zero-order chi connectivity index (χ0) is 10.1. The van der Waals surface area contributed by atoms with Gasteiger partial charge >= 0.3 is 0 Å².